The highest BCUT2D eigenvalue weighted by Gasteiger charge is 2.12. The second kappa shape index (κ2) is 5.65. The number of benzene rings is 1. The van der Waals surface area contributed by atoms with Gasteiger partial charge in [0.1, 0.15) is 5.69 Å². The van der Waals surface area contributed by atoms with E-state index in [0.717, 1.165) is 0 Å². The van der Waals surface area contributed by atoms with Gasteiger partial charge in [-0.3, -0.25) is 10.1 Å². The number of amides is 2. The number of aromatic nitrogens is 3. The standard InChI is InChI=1S/C15H13N5O2/c1-16-15(22)18-12-9-20-13(17-12)8-7-11(19-20)14(21)10-5-3-2-4-6-10/h2-9H,1H3,(H2,16,18,22). The Hall–Kier alpha value is -3.22. The fraction of sp³-hybridized carbons (Fsp3) is 0.0667. The van der Waals surface area contributed by atoms with E-state index in [0.29, 0.717) is 22.7 Å². The van der Waals surface area contributed by atoms with E-state index in [2.05, 4.69) is 20.7 Å². The molecule has 2 aromatic heterocycles. The third-order valence-electron chi connectivity index (χ3n) is 3.06. The molecule has 1 aromatic carbocycles. The lowest BCUT2D eigenvalue weighted by Crippen LogP contribution is -2.24. The Labute approximate surface area is 126 Å². The summed E-state index contributed by atoms with van der Waals surface area (Å²) in [5.41, 5.74) is 1.41. The zero-order valence-electron chi connectivity index (χ0n) is 11.8. The summed E-state index contributed by atoms with van der Waals surface area (Å²) in [7, 11) is 1.51. The molecule has 2 amide bonds. The molecule has 3 aromatic rings. The fourth-order valence-electron chi connectivity index (χ4n) is 1.98. The molecule has 0 saturated carbocycles. The molecule has 0 atom stereocenters. The number of anilines is 1. The Morgan fingerprint density at radius 1 is 1.09 bits per heavy atom. The first-order chi connectivity index (χ1) is 10.7. The van der Waals surface area contributed by atoms with E-state index in [4.69, 9.17) is 0 Å². The monoisotopic (exact) mass is 295 g/mol. The van der Waals surface area contributed by atoms with E-state index in [1.54, 1.807) is 42.6 Å². The predicted molar refractivity (Wildman–Crippen MR) is 80.9 cm³/mol. The lowest BCUT2D eigenvalue weighted by molar-refractivity contribution is 0.103. The molecule has 3 rings (SSSR count). The molecule has 0 fully saturated rings. The number of ketones is 1. The summed E-state index contributed by atoms with van der Waals surface area (Å²) in [5, 5.41) is 9.23. The number of urea groups is 1. The van der Waals surface area contributed by atoms with Crippen molar-refractivity contribution in [3.63, 3.8) is 0 Å². The van der Waals surface area contributed by atoms with Crippen LogP contribution in [0.3, 0.4) is 0 Å². The summed E-state index contributed by atoms with van der Waals surface area (Å²) in [6, 6.07) is 11.8. The van der Waals surface area contributed by atoms with Crippen LogP contribution in [0.1, 0.15) is 16.1 Å². The molecular formula is C15H13N5O2. The summed E-state index contributed by atoms with van der Waals surface area (Å²) in [6.07, 6.45) is 1.55. The Morgan fingerprint density at radius 3 is 2.59 bits per heavy atom. The molecule has 0 bridgehead atoms. The molecule has 7 heteroatoms. The maximum absolute atomic E-state index is 12.3. The molecular weight excluding hydrogens is 282 g/mol. The van der Waals surface area contributed by atoms with E-state index < -0.39 is 0 Å². The molecule has 2 heterocycles. The van der Waals surface area contributed by atoms with E-state index in [-0.39, 0.29) is 11.8 Å². The molecule has 0 aliphatic rings. The van der Waals surface area contributed by atoms with Crippen molar-refractivity contribution >= 4 is 23.3 Å². The van der Waals surface area contributed by atoms with Gasteiger partial charge in [-0.05, 0) is 12.1 Å². The van der Waals surface area contributed by atoms with Gasteiger partial charge in [0.05, 0.1) is 6.20 Å². The van der Waals surface area contributed by atoms with Gasteiger partial charge in [-0.25, -0.2) is 14.3 Å². The Kier molecular flexibility index (Phi) is 3.53. The third kappa shape index (κ3) is 2.64. The minimum absolute atomic E-state index is 0.169. The van der Waals surface area contributed by atoms with Gasteiger partial charge < -0.3 is 5.32 Å². The van der Waals surface area contributed by atoms with E-state index in [1.807, 2.05) is 6.07 Å². The molecule has 110 valence electrons. The number of hydrogen-bond donors (Lipinski definition) is 2. The average molecular weight is 295 g/mol. The molecule has 0 radical (unpaired) electrons. The Bertz CT molecular complexity index is 842. The summed E-state index contributed by atoms with van der Waals surface area (Å²) in [6.45, 7) is 0. The number of nitrogens with zero attached hydrogens (tertiary/aromatic N) is 3. The number of imidazole rings is 1. The number of carbonyl (C=O) groups excluding carboxylic acids is 2. The van der Waals surface area contributed by atoms with Crippen LogP contribution in [0.5, 0.6) is 0 Å². The van der Waals surface area contributed by atoms with Gasteiger partial charge in [0.2, 0.25) is 5.78 Å². The van der Waals surface area contributed by atoms with Crippen molar-refractivity contribution in [3.05, 3.63) is 59.9 Å². The van der Waals surface area contributed by atoms with Crippen LogP contribution in [-0.2, 0) is 0 Å². The molecule has 0 aliphatic carbocycles. The van der Waals surface area contributed by atoms with Crippen LogP contribution in [0, 0.1) is 0 Å². The second-order valence-corrected chi connectivity index (χ2v) is 4.55. The first-order valence-corrected chi connectivity index (χ1v) is 6.62. The van der Waals surface area contributed by atoms with Crippen LogP contribution in [0.15, 0.2) is 48.7 Å². The van der Waals surface area contributed by atoms with Crippen LogP contribution in [0.25, 0.3) is 5.65 Å². The van der Waals surface area contributed by atoms with Gasteiger partial charge in [-0.2, -0.15) is 5.10 Å². The van der Waals surface area contributed by atoms with Crippen LogP contribution < -0.4 is 10.6 Å². The Morgan fingerprint density at radius 2 is 1.86 bits per heavy atom. The van der Waals surface area contributed by atoms with Crippen molar-refractivity contribution < 1.29 is 9.59 Å². The lowest BCUT2D eigenvalue weighted by Gasteiger charge is -2.00. The smallest absolute Gasteiger partial charge is 0.320 e. The first kappa shape index (κ1) is 13.7. The highest BCUT2D eigenvalue weighted by atomic mass is 16.2. The summed E-state index contributed by atoms with van der Waals surface area (Å²) < 4.78 is 1.46. The first-order valence-electron chi connectivity index (χ1n) is 6.62. The van der Waals surface area contributed by atoms with Crippen molar-refractivity contribution in [2.24, 2.45) is 0 Å². The second-order valence-electron chi connectivity index (χ2n) is 4.55. The average Bonchev–Trinajstić information content (AvgIpc) is 2.96. The topological polar surface area (TPSA) is 88.4 Å². The SMILES string of the molecule is CNC(=O)Nc1cn2nc(C(=O)c3ccccc3)ccc2n1. The molecule has 7 nitrogen and oxygen atoms in total. The van der Waals surface area contributed by atoms with Crippen LogP contribution >= 0.6 is 0 Å². The number of carbonyl (C=O) groups is 2. The van der Waals surface area contributed by atoms with Gasteiger partial charge in [0.15, 0.2) is 11.5 Å². The van der Waals surface area contributed by atoms with Crippen molar-refractivity contribution in [1.82, 2.24) is 19.9 Å². The number of fused-ring (bicyclic) bond motifs is 1. The molecule has 0 spiro atoms. The van der Waals surface area contributed by atoms with E-state index >= 15 is 0 Å². The zero-order valence-corrected chi connectivity index (χ0v) is 11.8. The molecule has 0 unspecified atom stereocenters. The highest BCUT2D eigenvalue weighted by molar-refractivity contribution is 6.07. The molecule has 22 heavy (non-hydrogen) atoms. The number of hydrogen-bond acceptors (Lipinski definition) is 4. The maximum atomic E-state index is 12.3. The van der Waals surface area contributed by atoms with Crippen molar-refractivity contribution in [2.75, 3.05) is 12.4 Å². The summed E-state index contributed by atoms with van der Waals surface area (Å²) in [4.78, 5) is 27.8. The number of rotatable bonds is 3. The zero-order chi connectivity index (χ0) is 15.5. The van der Waals surface area contributed by atoms with E-state index in [9.17, 15) is 9.59 Å². The maximum Gasteiger partial charge on any atom is 0.320 e. The minimum Gasteiger partial charge on any atom is -0.341 e. The fourth-order valence-corrected chi connectivity index (χ4v) is 1.98. The van der Waals surface area contributed by atoms with Gasteiger partial charge >= 0.3 is 6.03 Å². The summed E-state index contributed by atoms with van der Waals surface area (Å²) >= 11 is 0. The van der Waals surface area contributed by atoms with Crippen LogP contribution in [0.2, 0.25) is 0 Å². The van der Waals surface area contributed by atoms with Gasteiger partial charge in [-0.1, -0.05) is 30.3 Å². The quantitative estimate of drug-likeness (QED) is 0.720. The van der Waals surface area contributed by atoms with Crippen molar-refractivity contribution in [3.8, 4) is 0 Å². The minimum atomic E-state index is -0.371. The molecule has 0 saturated heterocycles. The highest BCUT2D eigenvalue weighted by Crippen LogP contribution is 2.11. The van der Waals surface area contributed by atoms with E-state index in [1.165, 1.54) is 11.6 Å². The van der Waals surface area contributed by atoms with Crippen LogP contribution in [-0.4, -0.2) is 33.5 Å². The number of nitrogens with one attached hydrogen (secondary N) is 2. The normalized spacial score (nSPS) is 10.4. The molecule has 0 aliphatic heterocycles. The van der Waals surface area contributed by atoms with Crippen molar-refractivity contribution in [1.29, 1.82) is 0 Å². The van der Waals surface area contributed by atoms with Gasteiger partial charge in [0.25, 0.3) is 0 Å². The van der Waals surface area contributed by atoms with Gasteiger partial charge in [-0.15, -0.1) is 0 Å². The summed E-state index contributed by atoms with van der Waals surface area (Å²) in [5.74, 6) is 0.188. The third-order valence-corrected chi connectivity index (χ3v) is 3.06. The Balaban J connectivity index is 1.93. The van der Waals surface area contributed by atoms with Crippen LogP contribution in [0.4, 0.5) is 10.6 Å². The predicted octanol–water partition coefficient (Wildman–Crippen LogP) is 1.71. The van der Waals surface area contributed by atoms with Crippen molar-refractivity contribution in [2.45, 2.75) is 0 Å². The largest absolute Gasteiger partial charge is 0.341 e. The lowest BCUT2D eigenvalue weighted by atomic mass is 10.1. The van der Waals surface area contributed by atoms with Gasteiger partial charge in [0, 0.05) is 12.6 Å². The molecule has 2 N–H and O–H groups in total.